The molecule has 0 radical (unpaired) electrons. The molecule has 12 aromatic rings. The number of hydrogen-bond donors (Lipinski definition) is 0. The number of benzene rings is 10. The molecule has 10 aromatic carbocycles. The van der Waals surface area contributed by atoms with Crippen LogP contribution >= 0.6 is 0 Å². The van der Waals surface area contributed by atoms with E-state index >= 15 is 0 Å². The van der Waals surface area contributed by atoms with Crippen molar-refractivity contribution in [3.8, 4) is 67.0 Å². The molecular weight excluding hydrogens is 749 g/mol. The first-order valence-electron chi connectivity index (χ1n) is 21.3. The van der Waals surface area contributed by atoms with Crippen molar-refractivity contribution in [2.75, 3.05) is 0 Å². The van der Waals surface area contributed by atoms with E-state index in [0.717, 1.165) is 11.4 Å². The third kappa shape index (κ3) is 6.12. The van der Waals surface area contributed by atoms with E-state index < -0.39 is 0 Å². The van der Waals surface area contributed by atoms with Gasteiger partial charge >= 0.3 is 0 Å². The van der Waals surface area contributed by atoms with Crippen molar-refractivity contribution in [3.63, 3.8) is 0 Å². The molecule has 0 saturated carbocycles. The Kier molecular flexibility index (Phi) is 8.53. The summed E-state index contributed by atoms with van der Waals surface area (Å²) in [7, 11) is 0. The second-order valence-corrected chi connectivity index (χ2v) is 16.2. The minimum Gasteiger partial charge on any atom is -0.309 e. The molecule has 0 bridgehead atoms. The van der Waals surface area contributed by atoms with Gasteiger partial charge in [-0.25, -0.2) is 0 Å². The molecule has 62 heavy (non-hydrogen) atoms. The summed E-state index contributed by atoms with van der Waals surface area (Å²) in [6, 6.07) is 88.4. The van der Waals surface area contributed by atoms with Crippen LogP contribution in [0.5, 0.6) is 0 Å². The van der Waals surface area contributed by atoms with E-state index in [9.17, 15) is 0 Å². The summed E-state index contributed by atoms with van der Waals surface area (Å²) >= 11 is 0. The summed E-state index contributed by atoms with van der Waals surface area (Å²) in [6.07, 6.45) is 0. The average molecular weight is 789 g/mol. The Labute approximate surface area is 360 Å². The Morgan fingerprint density at radius 1 is 0.177 bits per heavy atom. The minimum absolute atomic E-state index is 1.15. The SMILES string of the molecule is c1ccc(-c2ccc(-c3ccc(-n4c5ccccc5c5cc(-c6ccc7c(c6)c6ccccc6n7-c6cc(-c7ccccc7)cc(-c7ccccc7)c6)ccc54)cc3)cc2)cc1. The topological polar surface area (TPSA) is 9.86 Å². The molecule has 0 aliphatic rings. The molecular formula is C60H40N2. The molecule has 2 nitrogen and oxygen atoms in total. The quantitative estimate of drug-likeness (QED) is 0.152. The number of nitrogens with zero attached hydrogens (tertiary/aromatic N) is 2. The standard InChI is InChI=1S/C60H40N2/c1-4-14-41(15-5-1)44-24-26-45(27-25-44)46-28-32-51(33-29-46)61-57-22-12-10-20-53(57)55-39-47(30-34-59(55)61)48-31-35-60-56(40-48)54-21-11-13-23-58(54)62(60)52-37-49(42-16-6-2-7-17-42)36-50(38-52)43-18-8-3-9-19-43/h1-40H. The fourth-order valence-corrected chi connectivity index (χ4v) is 9.48. The van der Waals surface area contributed by atoms with Gasteiger partial charge in [-0.15, -0.1) is 0 Å². The number of para-hydroxylation sites is 2. The molecule has 0 fully saturated rings. The zero-order chi connectivity index (χ0) is 41.0. The lowest BCUT2D eigenvalue weighted by atomic mass is 9.98. The zero-order valence-electron chi connectivity index (χ0n) is 34.0. The van der Waals surface area contributed by atoms with Crippen LogP contribution in [0.4, 0.5) is 0 Å². The van der Waals surface area contributed by atoms with Gasteiger partial charge in [-0.2, -0.15) is 0 Å². The van der Waals surface area contributed by atoms with Crippen LogP contribution in [-0.2, 0) is 0 Å². The van der Waals surface area contributed by atoms with Crippen LogP contribution < -0.4 is 0 Å². The van der Waals surface area contributed by atoms with E-state index in [1.54, 1.807) is 0 Å². The van der Waals surface area contributed by atoms with Gasteiger partial charge in [-0.1, -0.05) is 176 Å². The van der Waals surface area contributed by atoms with Gasteiger partial charge in [0.15, 0.2) is 0 Å². The Hall–Kier alpha value is -8.20. The first-order chi connectivity index (χ1) is 30.7. The average Bonchev–Trinajstić information content (AvgIpc) is 3.87. The first-order valence-corrected chi connectivity index (χ1v) is 21.3. The zero-order valence-corrected chi connectivity index (χ0v) is 34.0. The lowest BCUT2D eigenvalue weighted by Crippen LogP contribution is -1.96. The predicted molar refractivity (Wildman–Crippen MR) is 262 cm³/mol. The molecule has 2 heteroatoms. The molecule has 2 aromatic heterocycles. The number of rotatable bonds is 7. The Morgan fingerprint density at radius 2 is 0.500 bits per heavy atom. The van der Waals surface area contributed by atoms with Crippen LogP contribution in [-0.4, -0.2) is 9.13 Å². The van der Waals surface area contributed by atoms with Crippen LogP contribution in [0.15, 0.2) is 243 Å². The largest absolute Gasteiger partial charge is 0.309 e. The van der Waals surface area contributed by atoms with Gasteiger partial charge < -0.3 is 9.13 Å². The van der Waals surface area contributed by atoms with Gasteiger partial charge in [-0.05, 0) is 122 Å². The van der Waals surface area contributed by atoms with Gasteiger partial charge in [-0.3, -0.25) is 0 Å². The lowest BCUT2D eigenvalue weighted by Gasteiger charge is -2.14. The molecule has 0 amide bonds. The van der Waals surface area contributed by atoms with Crippen molar-refractivity contribution in [2.24, 2.45) is 0 Å². The van der Waals surface area contributed by atoms with E-state index in [2.05, 4.69) is 252 Å². The van der Waals surface area contributed by atoms with Crippen LogP contribution in [0.25, 0.3) is 111 Å². The van der Waals surface area contributed by atoms with Gasteiger partial charge in [0, 0.05) is 32.9 Å². The van der Waals surface area contributed by atoms with Crippen LogP contribution in [0.2, 0.25) is 0 Å². The number of fused-ring (bicyclic) bond motifs is 6. The number of hydrogen-bond acceptors (Lipinski definition) is 0. The molecule has 0 saturated heterocycles. The highest BCUT2D eigenvalue weighted by molar-refractivity contribution is 6.13. The highest BCUT2D eigenvalue weighted by Gasteiger charge is 2.17. The van der Waals surface area contributed by atoms with Crippen molar-refractivity contribution in [2.45, 2.75) is 0 Å². The van der Waals surface area contributed by atoms with Crippen molar-refractivity contribution >= 4 is 43.6 Å². The molecule has 0 N–H and O–H groups in total. The molecule has 0 atom stereocenters. The summed E-state index contributed by atoms with van der Waals surface area (Å²) in [6.45, 7) is 0. The summed E-state index contributed by atoms with van der Waals surface area (Å²) < 4.78 is 4.84. The third-order valence-corrected chi connectivity index (χ3v) is 12.5. The highest BCUT2D eigenvalue weighted by atomic mass is 15.0. The molecule has 0 spiro atoms. The monoisotopic (exact) mass is 788 g/mol. The highest BCUT2D eigenvalue weighted by Crippen LogP contribution is 2.40. The normalized spacial score (nSPS) is 11.5. The van der Waals surface area contributed by atoms with Gasteiger partial charge in [0.05, 0.1) is 22.1 Å². The Balaban J connectivity index is 0.945. The third-order valence-electron chi connectivity index (χ3n) is 12.5. The molecule has 0 unspecified atom stereocenters. The molecule has 0 aliphatic carbocycles. The maximum absolute atomic E-state index is 2.44. The van der Waals surface area contributed by atoms with E-state index in [0.29, 0.717) is 0 Å². The Morgan fingerprint density at radius 3 is 0.952 bits per heavy atom. The van der Waals surface area contributed by atoms with E-state index in [4.69, 9.17) is 0 Å². The van der Waals surface area contributed by atoms with E-state index in [-0.39, 0.29) is 0 Å². The first kappa shape index (κ1) is 35.7. The van der Waals surface area contributed by atoms with E-state index in [1.807, 2.05) is 0 Å². The van der Waals surface area contributed by atoms with Crippen molar-refractivity contribution in [1.29, 1.82) is 0 Å². The van der Waals surface area contributed by atoms with Gasteiger partial charge in [0.1, 0.15) is 0 Å². The fraction of sp³-hybridized carbons (Fsp3) is 0. The predicted octanol–water partition coefficient (Wildman–Crippen LogP) is 16.2. The number of aromatic nitrogens is 2. The summed E-state index contributed by atoms with van der Waals surface area (Å²) in [5.41, 5.74) is 19.1. The molecule has 12 rings (SSSR count). The summed E-state index contributed by atoms with van der Waals surface area (Å²) in [5, 5.41) is 4.97. The van der Waals surface area contributed by atoms with Crippen LogP contribution in [0.1, 0.15) is 0 Å². The Bertz CT molecular complexity index is 3520. The second kappa shape index (κ2) is 14.8. The van der Waals surface area contributed by atoms with Gasteiger partial charge in [0.25, 0.3) is 0 Å². The van der Waals surface area contributed by atoms with E-state index in [1.165, 1.54) is 99.2 Å². The fourth-order valence-electron chi connectivity index (χ4n) is 9.48. The van der Waals surface area contributed by atoms with Gasteiger partial charge in [0.2, 0.25) is 0 Å². The smallest absolute Gasteiger partial charge is 0.0541 e. The second-order valence-electron chi connectivity index (χ2n) is 16.2. The van der Waals surface area contributed by atoms with Crippen LogP contribution in [0.3, 0.4) is 0 Å². The molecule has 0 aliphatic heterocycles. The van der Waals surface area contributed by atoms with Crippen molar-refractivity contribution < 1.29 is 0 Å². The maximum atomic E-state index is 2.44. The summed E-state index contributed by atoms with van der Waals surface area (Å²) in [5.74, 6) is 0. The molecule has 2 heterocycles. The molecule has 290 valence electrons. The van der Waals surface area contributed by atoms with Crippen molar-refractivity contribution in [1.82, 2.24) is 9.13 Å². The summed E-state index contributed by atoms with van der Waals surface area (Å²) in [4.78, 5) is 0. The van der Waals surface area contributed by atoms with Crippen molar-refractivity contribution in [3.05, 3.63) is 243 Å². The lowest BCUT2D eigenvalue weighted by molar-refractivity contribution is 1.18. The minimum atomic E-state index is 1.15. The van der Waals surface area contributed by atoms with Crippen LogP contribution in [0, 0.1) is 0 Å². The maximum Gasteiger partial charge on any atom is 0.0541 e.